The Morgan fingerprint density at radius 2 is 1.96 bits per heavy atom. The zero-order valence-electron chi connectivity index (χ0n) is 13.8. The number of anilines is 1. The molecule has 0 aliphatic carbocycles. The van der Waals surface area contributed by atoms with Crippen LogP contribution in [0.4, 0.5) is 5.69 Å². The Morgan fingerprint density at radius 1 is 1.25 bits per heavy atom. The third-order valence-electron chi connectivity index (χ3n) is 4.15. The minimum absolute atomic E-state index is 0.0956. The number of morpholine rings is 1. The lowest BCUT2D eigenvalue weighted by atomic mass is 10.2. The summed E-state index contributed by atoms with van der Waals surface area (Å²) in [6.45, 7) is 5.25. The van der Waals surface area contributed by atoms with Gasteiger partial charge in [0.25, 0.3) is 0 Å². The van der Waals surface area contributed by atoms with Gasteiger partial charge in [0.05, 0.1) is 38.7 Å². The van der Waals surface area contributed by atoms with Gasteiger partial charge in [-0.05, 0) is 12.1 Å². The molecule has 0 spiro atoms. The van der Waals surface area contributed by atoms with E-state index in [9.17, 15) is 14.7 Å². The first-order valence-electron chi connectivity index (χ1n) is 8.45. The molecule has 0 radical (unpaired) electrons. The number of nitrogens with two attached hydrogens (primary N) is 1. The molecule has 1 atom stereocenters. The fraction of sp³-hybridized carbons (Fsp3) is 0.529. The third-order valence-corrected chi connectivity index (χ3v) is 4.15. The van der Waals surface area contributed by atoms with E-state index in [1.807, 2.05) is 18.2 Å². The lowest BCUT2D eigenvalue weighted by Crippen LogP contribution is -3.14. The van der Waals surface area contributed by atoms with Crippen molar-refractivity contribution in [1.29, 1.82) is 0 Å². The number of nitrogens with one attached hydrogen (secondary N) is 2. The van der Waals surface area contributed by atoms with Crippen LogP contribution in [0, 0.1) is 0 Å². The molecule has 24 heavy (non-hydrogen) atoms. The van der Waals surface area contributed by atoms with E-state index in [4.69, 9.17) is 4.74 Å². The number of benzene rings is 1. The molecule has 7 nitrogen and oxygen atoms in total. The van der Waals surface area contributed by atoms with Crippen molar-refractivity contribution >= 4 is 17.6 Å². The van der Waals surface area contributed by atoms with Gasteiger partial charge in [0.15, 0.2) is 0 Å². The molecular weight excluding hydrogens is 310 g/mol. The number of carbonyl (C=O) groups excluding carboxylic acids is 2. The Morgan fingerprint density at radius 3 is 2.62 bits per heavy atom. The van der Waals surface area contributed by atoms with Gasteiger partial charge in [0.1, 0.15) is 19.1 Å². The van der Waals surface area contributed by atoms with Crippen LogP contribution >= 0.6 is 0 Å². The van der Waals surface area contributed by atoms with Crippen LogP contribution < -0.4 is 20.6 Å². The van der Waals surface area contributed by atoms with Crippen LogP contribution in [-0.2, 0) is 14.3 Å². The summed E-state index contributed by atoms with van der Waals surface area (Å²) in [5.41, 5.74) is 0.663. The largest absolute Gasteiger partial charge is 0.544 e. The average molecular weight is 336 g/mol. The molecule has 132 valence electrons. The lowest BCUT2D eigenvalue weighted by Gasteiger charge is -2.23. The molecule has 1 aliphatic rings. The molecular formula is C17H26N3O4+. The minimum atomic E-state index is -1.20. The Kier molecular flexibility index (Phi) is 7.67. The van der Waals surface area contributed by atoms with Gasteiger partial charge >= 0.3 is 0 Å². The highest BCUT2D eigenvalue weighted by Crippen LogP contribution is 2.05. The first-order valence-corrected chi connectivity index (χ1v) is 8.45. The molecule has 1 amide bonds. The van der Waals surface area contributed by atoms with Crippen LogP contribution in [0.2, 0.25) is 0 Å². The maximum Gasteiger partial charge on any atom is 0.230 e. The van der Waals surface area contributed by atoms with E-state index in [0.717, 1.165) is 39.3 Å². The number of carboxylic acids is 1. The summed E-state index contributed by atoms with van der Waals surface area (Å²) in [5, 5.41) is 15.6. The van der Waals surface area contributed by atoms with Gasteiger partial charge in [0, 0.05) is 12.1 Å². The van der Waals surface area contributed by atoms with Crippen LogP contribution in [0.1, 0.15) is 12.8 Å². The fourth-order valence-electron chi connectivity index (χ4n) is 2.78. The van der Waals surface area contributed by atoms with Crippen molar-refractivity contribution < 1.29 is 29.6 Å². The molecule has 1 aliphatic heterocycles. The van der Waals surface area contributed by atoms with Gasteiger partial charge in [-0.25, -0.2) is 0 Å². The Balaban J connectivity index is 1.69. The fourth-order valence-corrected chi connectivity index (χ4v) is 2.78. The number of amides is 1. The second-order valence-corrected chi connectivity index (χ2v) is 6.03. The molecule has 4 N–H and O–H groups in total. The van der Waals surface area contributed by atoms with Gasteiger partial charge in [0.2, 0.25) is 5.91 Å². The smallest absolute Gasteiger partial charge is 0.230 e. The number of carboxylic acid groups (broad SMARTS) is 1. The second kappa shape index (κ2) is 10.0. The predicted octanol–water partition coefficient (Wildman–Crippen LogP) is -3.00. The monoisotopic (exact) mass is 336 g/mol. The molecule has 0 bridgehead atoms. The van der Waals surface area contributed by atoms with Gasteiger partial charge in [-0.2, -0.15) is 0 Å². The SMILES string of the molecule is O=C(C[C@H]([NH2+]CCC[NH+]1CCOCC1)C(=O)[O-])Nc1ccccc1. The highest BCUT2D eigenvalue weighted by molar-refractivity contribution is 5.93. The average Bonchev–Trinajstić information content (AvgIpc) is 2.59. The van der Waals surface area contributed by atoms with E-state index in [0.29, 0.717) is 12.2 Å². The molecule has 2 rings (SSSR count). The Bertz CT molecular complexity index is 518. The zero-order chi connectivity index (χ0) is 17.2. The molecule has 1 aromatic carbocycles. The van der Waals surface area contributed by atoms with Crippen molar-refractivity contribution in [3.05, 3.63) is 30.3 Å². The highest BCUT2D eigenvalue weighted by Gasteiger charge is 2.19. The topological polar surface area (TPSA) is 99.5 Å². The summed E-state index contributed by atoms with van der Waals surface area (Å²) in [7, 11) is 0. The van der Waals surface area contributed by atoms with Crippen LogP contribution in [0.15, 0.2) is 30.3 Å². The number of aliphatic carboxylic acids is 1. The standard InChI is InChI=1S/C17H25N3O4/c21-16(19-14-5-2-1-3-6-14)13-15(17(22)23)18-7-4-8-20-9-11-24-12-10-20/h1-3,5-6,15,18H,4,7-13H2,(H,19,21)(H,22,23)/p+1/t15-/m0/s1. The van der Waals surface area contributed by atoms with Gasteiger partial charge in [-0.3, -0.25) is 4.79 Å². The quantitative estimate of drug-likeness (QED) is 0.419. The van der Waals surface area contributed by atoms with E-state index in [1.165, 1.54) is 4.90 Å². The Hall–Kier alpha value is -1.96. The maximum absolute atomic E-state index is 12.0. The summed E-state index contributed by atoms with van der Waals surface area (Å²) in [6.07, 6.45) is 0.807. The minimum Gasteiger partial charge on any atom is -0.544 e. The first kappa shape index (κ1) is 18.4. The van der Waals surface area contributed by atoms with Crippen molar-refractivity contribution in [2.45, 2.75) is 18.9 Å². The first-order chi connectivity index (χ1) is 11.6. The Labute approximate surface area is 142 Å². The van der Waals surface area contributed by atoms with Crippen LogP contribution in [-0.4, -0.2) is 57.3 Å². The van der Waals surface area contributed by atoms with E-state index in [-0.39, 0.29) is 12.3 Å². The molecule has 0 aromatic heterocycles. The van der Waals surface area contributed by atoms with Crippen molar-refractivity contribution in [1.82, 2.24) is 0 Å². The molecule has 1 heterocycles. The molecule has 1 aromatic rings. The summed E-state index contributed by atoms with van der Waals surface area (Å²) in [6, 6.07) is 8.15. The predicted molar refractivity (Wildman–Crippen MR) is 86.3 cm³/mol. The number of carbonyl (C=O) groups is 2. The summed E-state index contributed by atoms with van der Waals surface area (Å²) in [5.74, 6) is -1.51. The van der Waals surface area contributed by atoms with Gasteiger partial charge in [-0.15, -0.1) is 0 Å². The molecule has 1 fully saturated rings. The van der Waals surface area contributed by atoms with Gasteiger partial charge < -0.3 is 30.2 Å². The molecule has 0 saturated carbocycles. The van der Waals surface area contributed by atoms with Crippen molar-refractivity contribution in [2.24, 2.45) is 0 Å². The molecule has 1 saturated heterocycles. The summed E-state index contributed by atoms with van der Waals surface area (Å²) in [4.78, 5) is 24.7. The number of ether oxygens (including phenoxy) is 1. The van der Waals surface area contributed by atoms with Gasteiger partial charge in [-0.1, -0.05) is 18.2 Å². The maximum atomic E-state index is 12.0. The number of rotatable bonds is 9. The van der Waals surface area contributed by atoms with Crippen LogP contribution in [0.5, 0.6) is 0 Å². The zero-order valence-corrected chi connectivity index (χ0v) is 13.8. The second-order valence-electron chi connectivity index (χ2n) is 6.03. The van der Waals surface area contributed by atoms with Crippen molar-refractivity contribution in [3.8, 4) is 0 Å². The van der Waals surface area contributed by atoms with E-state index in [2.05, 4.69) is 5.32 Å². The van der Waals surface area contributed by atoms with E-state index < -0.39 is 12.0 Å². The number of para-hydroxylation sites is 1. The van der Waals surface area contributed by atoms with Crippen molar-refractivity contribution in [2.75, 3.05) is 44.7 Å². The number of quaternary nitrogens is 2. The molecule has 7 heteroatoms. The van der Waals surface area contributed by atoms with Crippen LogP contribution in [0.3, 0.4) is 0 Å². The van der Waals surface area contributed by atoms with E-state index >= 15 is 0 Å². The normalized spacial score (nSPS) is 16.5. The van der Waals surface area contributed by atoms with E-state index in [1.54, 1.807) is 17.4 Å². The molecule has 0 unspecified atom stereocenters. The number of hydrogen-bond donors (Lipinski definition) is 3. The number of hydrogen-bond acceptors (Lipinski definition) is 4. The summed E-state index contributed by atoms with van der Waals surface area (Å²) >= 11 is 0. The lowest BCUT2D eigenvalue weighted by molar-refractivity contribution is -0.909. The van der Waals surface area contributed by atoms with Crippen molar-refractivity contribution in [3.63, 3.8) is 0 Å². The highest BCUT2D eigenvalue weighted by atomic mass is 16.5. The third kappa shape index (κ3) is 6.66. The summed E-state index contributed by atoms with van der Waals surface area (Å²) < 4.78 is 5.31. The van der Waals surface area contributed by atoms with Crippen LogP contribution in [0.25, 0.3) is 0 Å².